The van der Waals surface area contributed by atoms with Crippen molar-refractivity contribution in [3.63, 3.8) is 0 Å². The van der Waals surface area contributed by atoms with Gasteiger partial charge in [0.1, 0.15) is 5.75 Å². The van der Waals surface area contributed by atoms with Crippen LogP contribution in [-0.2, 0) is 0 Å². The van der Waals surface area contributed by atoms with Crippen molar-refractivity contribution in [1.29, 1.82) is 0 Å². The second-order valence-corrected chi connectivity index (χ2v) is 5.62. The lowest BCUT2D eigenvalue weighted by Gasteiger charge is -2.04. The Morgan fingerprint density at radius 2 is 1.64 bits per heavy atom. The van der Waals surface area contributed by atoms with Crippen molar-refractivity contribution < 1.29 is 9.66 Å². The summed E-state index contributed by atoms with van der Waals surface area (Å²) >= 11 is 0. The van der Waals surface area contributed by atoms with Gasteiger partial charge in [-0.1, -0.05) is 18.2 Å². The van der Waals surface area contributed by atoms with Crippen molar-refractivity contribution >= 4 is 22.9 Å². The number of hydrogen-bond donors (Lipinski definition) is 1. The molecule has 0 saturated carbocycles. The van der Waals surface area contributed by atoms with E-state index < -0.39 is 4.92 Å². The van der Waals surface area contributed by atoms with Gasteiger partial charge in [-0.05, 0) is 48.5 Å². The number of amidine groups is 1. The van der Waals surface area contributed by atoms with Gasteiger partial charge in [-0.25, -0.2) is 0 Å². The number of benzene rings is 3. The van der Waals surface area contributed by atoms with Gasteiger partial charge >= 0.3 is 0 Å². The third-order valence-corrected chi connectivity index (χ3v) is 3.73. The molecule has 1 N–H and O–H groups in total. The van der Waals surface area contributed by atoms with E-state index in [0.29, 0.717) is 17.3 Å². The lowest BCUT2D eigenvalue weighted by Crippen LogP contribution is -2.01. The van der Waals surface area contributed by atoms with Crippen LogP contribution in [0.4, 0.5) is 17.1 Å². The van der Waals surface area contributed by atoms with Gasteiger partial charge < -0.3 is 4.74 Å². The number of nitrogens with zero attached hydrogens (tertiary/aromatic N) is 4. The molecule has 8 heteroatoms. The highest BCUT2D eigenvalue weighted by molar-refractivity contribution is 5.99. The summed E-state index contributed by atoms with van der Waals surface area (Å²) in [5.74, 6) is 1.07. The third-order valence-electron chi connectivity index (χ3n) is 3.73. The molecule has 3 aromatic carbocycles. The zero-order valence-corrected chi connectivity index (χ0v) is 15.0. The number of nitrogens with one attached hydrogen (secondary N) is 1. The molecule has 0 unspecified atom stereocenters. The van der Waals surface area contributed by atoms with E-state index in [4.69, 9.17) is 4.74 Å². The van der Waals surface area contributed by atoms with Crippen molar-refractivity contribution in [3.05, 3.63) is 94.5 Å². The normalized spacial score (nSPS) is 11.4. The molecule has 0 aliphatic rings. The molecule has 3 rings (SSSR count). The van der Waals surface area contributed by atoms with Crippen LogP contribution in [-0.4, -0.2) is 17.9 Å². The van der Waals surface area contributed by atoms with Gasteiger partial charge in [0.2, 0.25) is 5.84 Å². The molecular formula is C20H17N5O3. The summed E-state index contributed by atoms with van der Waals surface area (Å²) in [6, 6.07) is 22.5. The molecule has 0 saturated heterocycles. The monoisotopic (exact) mass is 375 g/mol. The van der Waals surface area contributed by atoms with Gasteiger partial charge in [0.15, 0.2) is 0 Å². The second kappa shape index (κ2) is 9.04. The number of nitro groups is 1. The second-order valence-electron chi connectivity index (χ2n) is 5.62. The smallest absolute Gasteiger partial charge is 0.269 e. The van der Waals surface area contributed by atoms with Crippen LogP contribution >= 0.6 is 0 Å². The number of hydrazone groups is 1. The van der Waals surface area contributed by atoms with Gasteiger partial charge in [0, 0.05) is 17.7 Å². The van der Waals surface area contributed by atoms with E-state index in [-0.39, 0.29) is 5.69 Å². The highest BCUT2D eigenvalue weighted by Crippen LogP contribution is 2.19. The fourth-order valence-corrected chi connectivity index (χ4v) is 2.26. The van der Waals surface area contributed by atoms with Gasteiger partial charge in [0.25, 0.3) is 5.69 Å². The van der Waals surface area contributed by atoms with Gasteiger partial charge in [-0.15, -0.1) is 10.2 Å². The third kappa shape index (κ3) is 4.98. The van der Waals surface area contributed by atoms with E-state index in [1.54, 1.807) is 19.2 Å². The Labute approximate surface area is 161 Å². The number of non-ortho nitro benzene ring substituents is 1. The largest absolute Gasteiger partial charge is 0.497 e. The summed E-state index contributed by atoms with van der Waals surface area (Å²) in [6.07, 6.45) is 0. The Bertz CT molecular complexity index is 985. The van der Waals surface area contributed by atoms with E-state index in [1.165, 1.54) is 24.3 Å². The number of nitro benzene ring substituents is 1. The zero-order valence-electron chi connectivity index (χ0n) is 15.0. The maximum atomic E-state index is 10.7. The maximum absolute atomic E-state index is 10.7. The number of rotatable bonds is 6. The Kier molecular flexibility index (Phi) is 6.04. The highest BCUT2D eigenvalue weighted by Gasteiger charge is 2.06. The number of ether oxygens (including phenoxy) is 1. The minimum Gasteiger partial charge on any atom is -0.497 e. The first kappa shape index (κ1) is 18.7. The Morgan fingerprint density at radius 1 is 0.964 bits per heavy atom. The van der Waals surface area contributed by atoms with Crippen LogP contribution in [0.5, 0.6) is 5.75 Å². The molecule has 3 aromatic rings. The minimum atomic E-state index is -0.463. The Hall–Kier alpha value is -4.07. The Morgan fingerprint density at radius 3 is 2.25 bits per heavy atom. The average Bonchev–Trinajstić information content (AvgIpc) is 2.75. The molecule has 0 fully saturated rings. The average molecular weight is 375 g/mol. The molecule has 8 nitrogen and oxygen atoms in total. The molecule has 0 aliphatic carbocycles. The standard InChI is InChI=1S/C20H17N5O3/c1-28-19-13-7-15(8-14-19)20(23-21-16-5-3-2-4-6-16)24-22-17-9-11-18(12-10-17)25(26)27/h2-14,21H,1H3/b23-20+,24-22?. The van der Waals surface area contributed by atoms with E-state index in [1.807, 2.05) is 42.5 Å². The highest BCUT2D eigenvalue weighted by atomic mass is 16.6. The van der Waals surface area contributed by atoms with Gasteiger partial charge in [0.05, 0.1) is 23.4 Å². The SMILES string of the molecule is COc1ccc(/C(N=Nc2ccc([N+](=O)[O-])cc2)=N\Nc2ccccc2)cc1. The number of methoxy groups -OCH3 is 1. The van der Waals surface area contributed by atoms with Crippen LogP contribution in [0.15, 0.2) is 94.2 Å². The van der Waals surface area contributed by atoms with Gasteiger partial charge in [-0.3, -0.25) is 15.5 Å². The molecule has 28 heavy (non-hydrogen) atoms. The number of anilines is 1. The van der Waals surface area contributed by atoms with Crippen molar-refractivity contribution in [1.82, 2.24) is 0 Å². The molecule has 0 heterocycles. The predicted octanol–water partition coefficient (Wildman–Crippen LogP) is 5.16. The van der Waals surface area contributed by atoms with E-state index in [0.717, 1.165) is 11.3 Å². The summed E-state index contributed by atoms with van der Waals surface area (Å²) in [5, 5.41) is 23.4. The first-order valence-electron chi connectivity index (χ1n) is 8.35. The van der Waals surface area contributed by atoms with Crippen molar-refractivity contribution in [3.8, 4) is 5.75 Å². The molecule has 0 bridgehead atoms. The molecule has 0 aliphatic heterocycles. The minimum absolute atomic E-state index is 0.00580. The van der Waals surface area contributed by atoms with Crippen LogP contribution in [0.1, 0.15) is 5.56 Å². The van der Waals surface area contributed by atoms with E-state index >= 15 is 0 Å². The van der Waals surface area contributed by atoms with Crippen LogP contribution in [0.2, 0.25) is 0 Å². The van der Waals surface area contributed by atoms with Crippen LogP contribution < -0.4 is 10.2 Å². The zero-order chi connectivity index (χ0) is 19.8. The van der Waals surface area contributed by atoms with Crippen molar-refractivity contribution in [2.45, 2.75) is 0 Å². The fraction of sp³-hybridized carbons (Fsp3) is 0.0500. The molecule has 0 aromatic heterocycles. The summed E-state index contributed by atoms with van der Waals surface area (Å²) < 4.78 is 5.17. The lowest BCUT2D eigenvalue weighted by atomic mass is 10.2. The number of para-hydroxylation sites is 1. The van der Waals surface area contributed by atoms with Crippen LogP contribution in [0, 0.1) is 10.1 Å². The summed E-state index contributed by atoms with van der Waals surface area (Å²) in [5.41, 5.74) is 4.95. The van der Waals surface area contributed by atoms with Gasteiger partial charge in [-0.2, -0.15) is 5.10 Å². The molecule has 140 valence electrons. The van der Waals surface area contributed by atoms with Crippen LogP contribution in [0.25, 0.3) is 0 Å². The molecule has 0 spiro atoms. The van der Waals surface area contributed by atoms with Crippen molar-refractivity contribution in [2.24, 2.45) is 15.3 Å². The molecular weight excluding hydrogens is 358 g/mol. The van der Waals surface area contributed by atoms with E-state index in [2.05, 4.69) is 20.8 Å². The number of hydrogen-bond acceptors (Lipinski definition) is 6. The predicted molar refractivity (Wildman–Crippen MR) is 107 cm³/mol. The Balaban J connectivity index is 1.87. The summed E-state index contributed by atoms with van der Waals surface area (Å²) in [4.78, 5) is 10.3. The van der Waals surface area contributed by atoms with Crippen LogP contribution in [0.3, 0.4) is 0 Å². The quantitative estimate of drug-likeness (QED) is 0.211. The molecule has 0 amide bonds. The lowest BCUT2D eigenvalue weighted by molar-refractivity contribution is -0.384. The molecule has 0 atom stereocenters. The summed E-state index contributed by atoms with van der Waals surface area (Å²) in [7, 11) is 1.59. The van der Waals surface area contributed by atoms with E-state index in [9.17, 15) is 10.1 Å². The first-order valence-corrected chi connectivity index (χ1v) is 8.35. The fourth-order valence-electron chi connectivity index (χ4n) is 2.26. The first-order chi connectivity index (χ1) is 13.7. The topological polar surface area (TPSA) is 101 Å². The maximum Gasteiger partial charge on any atom is 0.269 e. The molecule has 0 radical (unpaired) electrons. The van der Waals surface area contributed by atoms with Crippen molar-refractivity contribution in [2.75, 3.05) is 12.5 Å². The number of azo groups is 1. The summed E-state index contributed by atoms with van der Waals surface area (Å²) in [6.45, 7) is 0.